The Bertz CT molecular complexity index is 1270. The fraction of sp³-hybridized carbons (Fsp3) is 0.120. The standard InChI is InChI=1S/C25H21FN4O/c26-20-7-3-4-8-23(20)30-25(31)27-18-11-13-21-17(15-18)10-14-24(28-21)29-22-12-9-16-5-1-2-6-19(16)22/h1-8,10-11,13-15,22H,9,12H2,(H,28,29)(H2,27,30,31)/t22-/m1/s1. The minimum absolute atomic E-state index is 0.131. The van der Waals surface area contributed by atoms with Crippen molar-refractivity contribution in [1.29, 1.82) is 0 Å². The summed E-state index contributed by atoms with van der Waals surface area (Å²) in [7, 11) is 0. The van der Waals surface area contributed by atoms with Crippen molar-refractivity contribution >= 4 is 34.1 Å². The number of rotatable bonds is 4. The molecule has 3 N–H and O–H groups in total. The summed E-state index contributed by atoms with van der Waals surface area (Å²) in [5, 5.41) is 9.69. The second-order valence-corrected chi connectivity index (χ2v) is 7.60. The van der Waals surface area contributed by atoms with Crippen molar-refractivity contribution in [2.75, 3.05) is 16.0 Å². The number of halogens is 1. The molecule has 1 heterocycles. The fourth-order valence-corrected chi connectivity index (χ4v) is 4.02. The molecule has 0 saturated carbocycles. The van der Waals surface area contributed by atoms with Crippen molar-refractivity contribution in [1.82, 2.24) is 4.98 Å². The van der Waals surface area contributed by atoms with Gasteiger partial charge in [0.25, 0.3) is 0 Å². The van der Waals surface area contributed by atoms with Gasteiger partial charge in [0.1, 0.15) is 11.6 Å². The van der Waals surface area contributed by atoms with E-state index in [-0.39, 0.29) is 11.7 Å². The number of hydrogen-bond donors (Lipinski definition) is 3. The van der Waals surface area contributed by atoms with E-state index in [9.17, 15) is 9.18 Å². The molecular weight excluding hydrogens is 391 g/mol. The highest BCUT2D eigenvalue weighted by molar-refractivity contribution is 6.01. The van der Waals surface area contributed by atoms with E-state index < -0.39 is 11.8 Å². The zero-order valence-electron chi connectivity index (χ0n) is 16.7. The van der Waals surface area contributed by atoms with Crippen molar-refractivity contribution in [2.24, 2.45) is 0 Å². The molecule has 0 unspecified atom stereocenters. The van der Waals surface area contributed by atoms with Crippen LogP contribution in [0.25, 0.3) is 10.9 Å². The zero-order valence-corrected chi connectivity index (χ0v) is 16.7. The second-order valence-electron chi connectivity index (χ2n) is 7.60. The van der Waals surface area contributed by atoms with Crippen LogP contribution in [0.15, 0.2) is 78.9 Å². The molecule has 1 atom stereocenters. The van der Waals surface area contributed by atoms with Crippen LogP contribution < -0.4 is 16.0 Å². The summed E-state index contributed by atoms with van der Waals surface area (Å²) in [5.74, 6) is 0.345. The van der Waals surface area contributed by atoms with E-state index in [1.165, 1.54) is 23.3 Å². The van der Waals surface area contributed by atoms with Crippen molar-refractivity contribution in [3.8, 4) is 0 Å². The third kappa shape index (κ3) is 4.05. The van der Waals surface area contributed by atoms with Crippen LogP contribution in [0.5, 0.6) is 0 Å². The van der Waals surface area contributed by atoms with E-state index >= 15 is 0 Å². The third-order valence-corrected chi connectivity index (χ3v) is 5.52. The van der Waals surface area contributed by atoms with E-state index in [4.69, 9.17) is 4.98 Å². The lowest BCUT2D eigenvalue weighted by atomic mass is 10.1. The van der Waals surface area contributed by atoms with Crippen molar-refractivity contribution in [3.63, 3.8) is 0 Å². The number of amides is 2. The molecule has 1 aliphatic carbocycles. The molecular formula is C25H21FN4O. The van der Waals surface area contributed by atoms with Crippen LogP contribution in [0, 0.1) is 5.82 Å². The summed E-state index contributed by atoms with van der Waals surface area (Å²) in [6.07, 6.45) is 2.13. The van der Waals surface area contributed by atoms with Gasteiger partial charge in [-0.1, -0.05) is 36.4 Å². The summed E-state index contributed by atoms with van der Waals surface area (Å²) in [6.45, 7) is 0. The first-order valence-corrected chi connectivity index (χ1v) is 10.2. The predicted molar refractivity (Wildman–Crippen MR) is 122 cm³/mol. The predicted octanol–water partition coefficient (Wildman–Crippen LogP) is 6.12. The molecule has 0 bridgehead atoms. The normalized spacial score (nSPS) is 14.8. The van der Waals surface area contributed by atoms with Crippen LogP contribution in [0.3, 0.4) is 0 Å². The molecule has 6 heteroatoms. The highest BCUT2D eigenvalue weighted by Gasteiger charge is 2.21. The average Bonchev–Trinajstić information content (AvgIpc) is 3.18. The Hall–Kier alpha value is -3.93. The van der Waals surface area contributed by atoms with Gasteiger partial charge < -0.3 is 16.0 Å². The van der Waals surface area contributed by atoms with E-state index in [2.05, 4.69) is 40.2 Å². The Morgan fingerprint density at radius 3 is 2.68 bits per heavy atom. The molecule has 0 spiro atoms. The summed E-state index contributed by atoms with van der Waals surface area (Å²) in [6, 6.07) is 23.7. The zero-order chi connectivity index (χ0) is 21.2. The molecule has 31 heavy (non-hydrogen) atoms. The molecule has 0 radical (unpaired) electrons. The van der Waals surface area contributed by atoms with Crippen LogP contribution in [0.2, 0.25) is 0 Å². The largest absolute Gasteiger partial charge is 0.363 e. The SMILES string of the molecule is O=C(Nc1ccc2nc(N[C@@H]3CCc4ccccc43)ccc2c1)Nc1ccccc1F. The van der Waals surface area contributed by atoms with Gasteiger partial charge in [-0.05, 0) is 66.4 Å². The van der Waals surface area contributed by atoms with Gasteiger partial charge in [0.2, 0.25) is 0 Å². The maximum atomic E-state index is 13.7. The molecule has 1 aliphatic rings. The van der Waals surface area contributed by atoms with Crippen LogP contribution in [-0.4, -0.2) is 11.0 Å². The van der Waals surface area contributed by atoms with Gasteiger partial charge in [0, 0.05) is 11.1 Å². The van der Waals surface area contributed by atoms with E-state index in [1.807, 2.05) is 24.3 Å². The molecule has 154 valence electrons. The third-order valence-electron chi connectivity index (χ3n) is 5.52. The maximum Gasteiger partial charge on any atom is 0.323 e. The molecule has 4 aromatic rings. The second kappa shape index (κ2) is 8.07. The number of aromatic nitrogens is 1. The lowest BCUT2D eigenvalue weighted by Gasteiger charge is -2.15. The number of urea groups is 1. The first-order chi connectivity index (χ1) is 15.2. The van der Waals surface area contributed by atoms with Gasteiger partial charge in [-0.15, -0.1) is 0 Å². The number of nitrogens with zero attached hydrogens (tertiary/aromatic N) is 1. The number of aryl methyl sites for hydroxylation is 1. The minimum atomic E-state index is -0.504. The van der Waals surface area contributed by atoms with E-state index in [0.29, 0.717) is 5.69 Å². The quantitative estimate of drug-likeness (QED) is 0.378. The van der Waals surface area contributed by atoms with E-state index in [0.717, 1.165) is 29.6 Å². The van der Waals surface area contributed by atoms with Gasteiger partial charge >= 0.3 is 6.03 Å². The van der Waals surface area contributed by atoms with Gasteiger partial charge in [-0.2, -0.15) is 0 Å². The van der Waals surface area contributed by atoms with Crippen LogP contribution in [0.4, 0.5) is 26.4 Å². The Morgan fingerprint density at radius 2 is 1.77 bits per heavy atom. The van der Waals surface area contributed by atoms with Crippen molar-refractivity contribution in [3.05, 3.63) is 95.8 Å². The van der Waals surface area contributed by atoms with Crippen molar-refractivity contribution < 1.29 is 9.18 Å². The molecule has 5 rings (SSSR count). The Balaban J connectivity index is 1.29. The molecule has 0 aliphatic heterocycles. The molecule has 5 nitrogen and oxygen atoms in total. The highest BCUT2D eigenvalue weighted by Crippen LogP contribution is 2.33. The topological polar surface area (TPSA) is 66.0 Å². The van der Waals surface area contributed by atoms with Gasteiger partial charge in [0.05, 0.1) is 17.2 Å². The lowest BCUT2D eigenvalue weighted by molar-refractivity contribution is 0.262. The number of para-hydroxylation sites is 1. The van der Waals surface area contributed by atoms with Crippen LogP contribution in [0.1, 0.15) is 23.6 Å². The first kappa shape index (κ1) is 19.1. The number of hydrogen-bond acceptors (Lipinski definition) is 3. The average molecular weight is 412 g/mol. The minimum Gasteiger partial charge on any atom is -0.363 e. The summed E-state index contributed by atoms with van der Waals surface area (Å²) >= 11 is 0. The van der Waals surface area contributed by atoms with E-state index in [1.54, 1.807) is 18.2 Å². The van der Waals surface area contributed by atoms with Gasteiger partial charge in [-0.25, -0.2) is 14.2 Å². The van der Waals surface area contributed by atoms with Crippen LogP contribution in [-0.2, 0) is 6.42 Å². The van der Waals surface area contributed by atoms with Gasteiger partial charge in [0.15, 0.2) is 0 Å². The Labute approximate surface area is 179 Å². The maximum absolute atomic E-state index is 13.7. The Kier molecular flexibility index (Phi) is 4.96. The monoisotopic (exact) mass is 412 g/mol. The number of fused-ring (bicyclic) bond motifs is 2. The van der Waals surface area contributed by atoms with Gasteiger partial charge in [-0.3, -0.25) is 0 Å². The van der Waals surface area contributed by atoms with Crippen LogP contribution >= 0.6 is 0 Å². The summed E-state index contributed by atoms with van der Waals surface area (Å²) in [5.41, 5.74) is 4.30. The highest BCUT2D eigenvalue weighted by atomic mass is 19.1. The number of pyridine rings is 1. The smallest absolute Gasteiger partial charge is 0.323 e. The first-order valence-electron chi connectivity index (χ1n) is 10.2. The number of carbonyl (C=O) groups is 1. The molecule has 1 aromatic heterocycles. The number of anilines is 3. The molecule has 3 aromatic carbocycles. The number of carbonyl (C=O) groups excluding carboxylic acids is 1. The summed E-state index contributed by atoms with van der Waals surface area (Å²) in [4.78, 5) is 16.9. The lowest BCUT2D eigenvalue weighted by Crippen LogP contribution is -2.20. The fourth-order valence-electron chi connectivity index (χ4n) is 4.02. The molecule has 0 saturated heterocycles. The molecule has 0 fully saturated rings. The van der Waals surface area contributed by atoms with Crippen molar-refractivity contribution in [2.45, 2.75) is 18.9 Å². The number of nitrogens with one attached hydrogen (secondary N) is 3. The molecule has 2 amide bonds. The number of benzene rings is 3. The Morgan fingerprint density at radius 1 is 0.935 bits per heavy atom. The summed E-state index contributed by atoms with van der Waals surface area (Å²) < 4.78 is 13.7.